The summed E-state index contributed by atoms with van der Waals surface area (Å²) in [6.45, 7) is 3.14. The van der Waals surface area contributed by atoms with E-state index in [4.69, 9.17) is 0 Å². The molecule has 2 aliphatic rings. The first-order valence-electron chi connectivity index (χ1n) is 9.05. The Morgan fingerprint density at radius 1 is 1.20 bits per heavy atom. The van der Waals surface area contributed by atoms with E-state index in [1.807, 2.05) is 38.2 Å². The molecule has 1 heterocycles. The van der Waals surface area contributed by atoms with Crippen LogP contribution in [-0.4, -0.2) is 30.4 Å². The number of nitrogens with zero attached hydrogens (tertiary/aromatic N) is 1. The summed E-state index contributed by atoms with van der Waals surface area (Å²) in [5.74, 6) is 0.174. The Balaban J connectivity index is 1.57. The van der Waals surface area contributed by atoms with Gasteiger partial charge in [0.05, 0.1) is 0 Å². The van der Waals surface area contributed by atoms with Crippen LogP contribution in [0.1, 0.15) is 43.2 Å². The Kier molecular flexibility index (Phi) is 5.11. The van der Waals surface area contributed by atoms with Crippen molar-refractivity contribution < 1.29 is 9.59 Å². The number of rotatable bonds is 4. The van der Waals surface area contributed by atoms with Crippen LogP contribution in [0, 0.1) is 12.3 Å². The number of amides is 3. The van der Waals surface area contributed by atoms with Crippen molar-refractivity contribution in [3.63, 3.8) is 0 Å². The fourth-order valence-corrected chi connectivity index (χ4v) is 3.89. The van der Waals surface area contributed by atoms with Crippen LogP contribution in [0.5, 0.6) is 0 Å². The van der Waals surface area contributed by atoms with E-state index in [-0.39, 0.29) is 17.4 Å². The zero-order valence-corrected chi connectivity index (χ0v) is 15.1. The zero-order valence-electron chi connectivity index (χ0n) is 15.1. The minimum atomic E-state index is -0.153. The van der Waals surface area contributed by atoms with Gasteiger partial charge in [-0.05, 0) is 38.2 Å². The van der Waals surface area contributed by atoms with Gasteiger partial charge in [0, 0.05) is 37.7 Å². The second kappa shape index (κ2) is 7.30. The molecular weight excluding hydrogens is 314 g/mol. The summed E-state index contributed by atoms with van der Waals surface area (Å²) in [6, 6.07) is 7.99. The number of aryl methyl sites for hydroxylation is 1. The average molecular weight is 341 g/mol. The molecule has 0 bridgehead atoms. The fourth-order valence-electron chi connectivity index (χ4n) is 3.89. The van der Waals surface area contributed by atoms with Crippen molar-refractivity contribution in [2.45, 2.75) is 45.6 Å². The maximum atomic E-state index is 12.2. The standard InChI is InChI=1S/C20H27N3O2/c1-15-6-8-16(9-7-15)13-21-19(25)22-14-20-11-4-3-5-17(20)23(2)18(24)10-12-20/h5-9H,3-4,10-14H2,1-2H3,(H2,21,22,25). The molecule has 1 aliphatic heterocycles. The van der Waals surface area contributed by atoms with Crippen molar-refractivity contribution in [2.75, 3.05) is 13.6 Å². The largest absolute Gasteiger partial charge is 0.337 e. The Hall–Kier alpha value is -2.30. The lowest BCUT2D eigenvalue weighted by molar-refractivity contribution is -0.132. The first-order valence-corrected chi connectivity index (χ1v) is 9.05. The van der Waals surface area contributed by atoms with Crippen LogP contribution in [0.2, 0.25) is 0 Å². The van der Waals surface area contributed by atoms with Gasteiger partial charge in [0.1, 0.15) is 0 Å². The van der Waals surface area contributed by atoms with Crippen LogP contribution in [-0.2, 0) is 11.3 Å². The number of allylic oxidation sites excluding steroid dienone is 1. The third kappa shape index (κ3) is 3.86. The fraction of sp³-hybridized carbons (Fsp3) is 0.500. The number of hydrogen-bond donors (Lipinski definition) is 2. The smallest absolute Gasteiger partial charge is 0.315 e. The highest BCUT2D eigenvalue weighted by Crippen LogP contribution is 2.45. The van der Waals surface area contributed by atoms with Gasteiger partial charge in [0.15, 0.2) is 0 Å². The molecule has 1 atom stereocenters. The van der Waals surface area contributed by atoms with Gasteiger partial charge in [-0.3, -0.25) is 4.79 Å². The molecule has 1 aromatic rings. The van der Waals surface area contributed by atoms with Crippen LogP contribution in [0.4, 0.5) is 4.79 Å². The van der Waals surface area contributed by atoms with Gasteiger partial charge in [-0.25, -0.2) is 4.79 Å². The van der Waals surface area contributed by atoms with Gasteiger partial charge in [-0.15, -0.1) is 0 Å². The lowest BCUT2D eigenvalue weighted by Crippen LogP contribution is -2.50. The molecule has 0 aromatic heterocycles. The number of carbonyl (C=O) groups excluding carboxylic acids is 2. The highest BCUT2D eigenvalue weighted by molar-refractivity contribution is 5.80. The zero-order chi connectivity index (χ0) is 17.9. The third-order valence-corrected chi connectivity index (χ3v) is 5.45. The van der Waals surface area contributed by atoms with E-state index in [1.165, 1.54) is 5.56 Å². The molecule has 1 aromatic carbocycles. The molecule has 2 N–H and O–H groups in total. The number of piperidine rings is 1. The highest BCUT2D eigenvalue weighted by Gasteiger charge is 2.43. The van der Waals surface area contributed by atoms with Crippen LogP contribution in [0.15, 0.2) is 36.0 Å². The SMILES string of the molecule is Cc1ccc(CNC(=O)NCC23CCCC=C2N(C)C(=O)CC3)cc1. The molecule has 25 heavy (non-hydrogen) atoms. The first-order chi connectivity index (χ1) is 12.0. The molecule has 0 radical (unpaired) electrons. The molecular formula is C20H27N3O2. The monoisotopic (exact) mass is 341 g/mol. The molecule has 5 heteroatoms. The summed E-state index contributed by atoms with van der Waals surface area (Å²) in [7, 11) is 1.85. The summed E-state index contributed by atoms with van der Waals surface area (Å²) in [6.07, 6.45) is 6.69. The molecule has 1 fully saturated rings. The van der Waals surface area contributed by atoms with Crippen LogP contribution < -0.4 is 10.6 Å². The Bertz CT molecular complexity index is 681. The molecule has 3 amide bonds. The van der Waals surface area contributed by atoms with Crippen LogP contribution in [0.3, 0.4) is 0 Å². The van der Waals surface area contributed by atoms with Crippen molar-refractivity contribution >= 4 is 11.9 Å². The van der Waals surface area contributed by atoms with Crippen molar-refractivity contribution in [2.24, 2.45) is 5.41 Å². The summed E-state index contributed by atoms with van der Waals surface area (Å²) in [4.78, 5) is 26.0. The summed E-state index contributed by atoms with van der Waals surface area (Å²) in [5.41, 5.74) is 3.29. The van der Waals surface area contributed by atoms with Crippen molar-refractivity contribution in [3.05, 3.63) is 47.2 Å². The highest BCUT2D eigenvalue weighted by atomic mass is 16.2. The third-order valence-electron chi connectivity index (χ3n) is 5.45. The van der Waals surface area contributed by atoms with Gasteiger partial charge in [-0.2, -0.15) is 0 Å². The first kappa shape index (κ1) is 17.5. The van der Waals surface area contributed by atoms with Gasteiger partial charge in [0.25, 0.3) is 0 Å². The molecule has 1 aliphatic carbocycles. The second-order valence-electron chi connectivity index (χ2n) is 7.24. The van der Waals surface area contributed by atoms with Crippen molar-refractivity contribution in [1.29, 1.82) is 0 Å². The number of hydrogen-bond acceptors (Lipinski definition) is 2. The van der Waals surface area contributed by atoms with Gasteiger partial charge < -0.3 is 15.5 Å². The minimum Gasteiger partial charge on any atom is -0.337 e. The normalized spacial score (nSPS) is 22.9. The molecule has 0 saturated carbocycles. The summed E-state index contributed by atoms with van der Waals surface area (Å²) < 4.78 is 0. The van der Waals surface area contributed by atoms with Gasteiger partial charge in [0.2, 0.25) is 5.91 Å². The maximum absolute atomic E-state index is 12.2. The lowest BCUT2D eigenvalue weighted by Gasteiger charge is -2.46. The Labute approximate surface area is 149 Å². The number of nitrogens with one attached hydrogen (secondary N) is 2. The van der Waals surface area contributed by atoms with E-state index in [9.17, 15) is 9.59 Å². The van der Waals surface area contributed by atoms with Crippen LogP contribution in [0.25, 0.3) is 0 Å². The van der Waals surface area contributed by atoms with E-state index in [0.717, 1.165) is 36.9 Å². The lowest BCUT2D eigenvalue weighted by atomic mass is 9.70. The van der Waals surface area contributed by atoms with E-state index in [1.54, 1.807) is 4.90 Å². The van der Waals surface area contributed by atoms with Crippen molar-refractivity contribution in [3.8, 4) is 0 Å². The van der Waals surface area contributed by atoms with Gasteiger partial charge >= 0.3 is 6.03 Å². The number of fused-ring (bicyclic) bond motifs is 1. The number of likely N-dealkylation sites (tertiary alicyclic amines) is 1. The summed E-state index contributed by atoms with van der Waals surface area (Å²) >= 11 is 0. The van der Waals surface area contributed by atoms with Gasteiger partial charge in [-0.1, -0.05) is 35.9 Å². The van der Waals surface area contributed by atoms with Crippen LogP contribution >= 0.6 is 0 Å². The molecule has 1 saturated heterocycles. The molecule has 1 unspecified atom stereocenters. The van der Waals surface area contributed by atoms with E-state index >= 15 is 0 Å². The predicted molar refractivity (Wildman–Crippen MR) is 97.8 cm³/mol. The van der Waals surface area contributed by atoms with Crippen molar-refractivity contribution in [1.82, 2.24) is 15.5 Å². The molecule has 0 spiro atoms. The Morgan fingerprint density at radius 2 is 1.96 bits per heavy atom. The quantitative estimate of drug-likeness (QED) is 0.884. The summed E-state index contributed by atoms with van der Waals surface area (Å²) in [5, 5.41) is 5.95. The maximum Gasteiger partial charge on any atom is 0.315 e. The van der Waals surface area contributed by atoms with E-state index in [2.05, 4.69) is 16.7 Å². The topological polar surface area (TPSA) is 61.4 Å². The number of benzene rings is 1. The van der Waals surface area contributed by atoms with E-state index < -0.39 is 0 Å². The predicted octanol–water partition coefficient (Wildman–Crippen LogP) is 3.10. The number of carbonyl (C=O) groups is 2. The van der Waals surface area contributed by atoms with E-state index in [0.29, 0.717) is 19.5 Å². The number of urea groups is 1. The molecule has 5 nitrogen and oxygen atoms in total. The molecule has 134 valence electrons. The second-order valence-corrected chi connectivity index (χ2v) is 7.24. The Morgan fingerprint density at radius 3 is 2.72 bits per heavy atom. The minimum absolute atomic E-state index is 0.0951. The average Bonchev–Trinajstić information content (AvgIpc) is 2.63. The molecule has 3 rings (SSSR count).